The van der Waals surface area contributed by atoms with Crippen LogP contribution in [0.4, 0.5) is 0 Å². The van der Waals surface area contributed by atoms with Crippen molar-refractivity contribution in [3.05, 3.63) is 35.9 Å². The fourth-order valence-corrected chi connectivity index (χ4v) is 1.68. The second kappa shape index (κ2) is 5.03. The predicted molar refractivity (Wildman–Crippen MR) is 67.0 cm³/mol. The highest BCUT2D eigenvalue weighted by Crippen LogP contribution is 2.10. The molecule has 6 heteroatoms. The highest BCUT2D eigenvalue weighted by Gasteiger charge is 2.14. The lowest BCUT2D eigenvalue weighted by Gasteiger charge is -2.10. The molecule has 0 aromatic carbocycles. The minimum atomic E-state index is -0.137. The summed E-state index contributed by atoms with van der Waals surface area (Å²) in [5.41, 5.74) is 1.41. The minimum absolute atomic E-state index is 0.120. The molecule has 1 N–H and O–H groups in total. The van der Waals surface area contributed by atoms with Crippen molar-refractivity contribution in [2.45, 2.75) is 26.4 Å². The van der Waals surface area contributed by atoms with Gasteiger partial charge < -0.3 is 5.32 Å². The first-order valence-corrected chi connectivity index (χ1v) is 5.93. The fraction of sp³-hybridized carbons (Fsp3) is 0.417. The predicted octanol–water partition coefficient (Wildman–Crippen LogP) is 1.13. The third kappa shape index (κ3) is 2.58. The molecule has 1 unspecified atom stereocenters. The van der Waals surface area contributed by atoms with Crippen molar-refractivity contribution in [3.8, 4) is 0 Å². The minimum Gasteiger partial charge on any atom is -0.344 e. The van der Waals surface area contributed by atoms with Crippen LogP contribution in [0.25, 0.3) is 0 Å². The number of hydrogen-bond donors (Lipinski definition) is 1. The summed E-state index contributed by atoms with van der Waals surface area (Å²) in [5, 5.41) is 11.2. The van der Waals surface area contributed by atoms with Gasteiger partial charge in [-0.1, -0.05) is 0 Å². The Labute approximate surface area is 106 Å². The molecule has 0 bridgehead atoms. The molecular weight excluding hydrogens is 230 g/mol. The molecule has 2 aromatic heterocycles. The topological polar surface area (TPSA) is 64.7 Å². The second-order valence-electron chi connectivity index (χ2n) is 4.19. The number of carbonyl (C=O) groups excluding carboxylic acids is 1. The number of carbonyl (C=O) groups is 1. The summed E-state index contributed by atoms with van der Waals surface area (Å²) in [6.07, 6.45) is 5.14. The molecule has 2 aromatic rings. The molecule has 2 heterocycles. The van der Waals surface area contributed by atoms with Gasteiger partial charge in [0.1, 0.15) is 0 Å². The Kier molecular flexibility index (Phi) is 3.45. The third-order valence-corrected chi connectivity index (χ3v) is 2.74. The van der Waals surface area contributed by atoms with Gasteiger partial charge in [0.25, 0.3) is 5.91 Å². The van der Waals surface area contributed by atoms with E-state index in [2.05, 4.69) is 15.5 Å². The van der Waals surface area contributed by atoms with Crippen molar-refractivity contribution < 1.29 is 4.79 Å². The van der Waals surface area contributed by atoms with Crippen LogP contribution >= 0.6 is 0 Å². The maximum Gasteiger partial charge on any atom is 0.254 e. The summed E-state index contributed by atoms with van der Waals surface area (Å²) in [5.74, 6) is -0.137. The number of rotatable bonds is 4. The summed E-state index contributed by atoms with van der Waals surface area (Å²) in [6.45, 7) is 4.76. The number of nitrogens with zero attached hydrogens (tertiary/aromatic N) is 4. The Morgan fingerprint density at radius 2 is 2.33 bits per heavy atom. The smallest absolute Gasteiger partial charge is 0.254 e. The zero-order chi connectivity index (χ0) is 13.1. The molecule has 1 atom stereocenters. The zero-order valence-corrected chi connectivity index (χ0v) is 10.8. The van der Waals surface area contributed by atoms with Gasteiger partial charge in [0.05, 0.1) is 23.5 Å². The lowest BCUT2D eigenvalue weighted by molar-refractivity contribution is 0.0939. The van der Waals surface area contributed by atoms with Gasteiger partial charge in [0, 0.05) is 26.0 Å². The Morgan fingerprint density at radius 3 is 2.89 bits per heavy atom. The zero-order valence-electron chi connectivity index (χ0n) is 10.8. The van der Waals surface area contributed by atoms with Crippen LogP contribution in [0.1, 0.15) is 35.9 Å². The molecular formula is C12H17N5O. The van der Waals surface area contributed by atoms with Crippen LogP contribution in [0.3, 0.4) is 0 Å². The summed E-state index contributed by atoms with van der Waals surface area (Å²) in [7, 11) is 1.78. The van der Waals surface area contributed by atoms with E-state index in [1.165, 1.54) is 0 Å². The van der Waals surface area contributed by atoms with Crippen LogP contribution in [0.5, 0.6) is 0 Å². The van der Waals surface area contributed by atoms with Gasteiger partial charge in [-0.25, -0.2) is 0 Å². The van der Waals surface area contributed by atoms with Crippen LogP contribution in [-0.2, 0) is 13.6 Å². The molecule has 0 radical (unpaired) electrons. The first-order valence-electron chi connectivity index (χ1n) is 5.93. The van der Waals surface area contributed by atoms with Crippen molar-refractivity contribution in [1.29, 1.82) is 0 Å². The number of aryl methyl sites for hydroxylation is 2. The quantitative estimate of drug-likeness (QED) is 0.880. The number of amides is 1. The fourth-order valence-electron chi connectivity index (χ4n) is 1.68. The standard InChI is InChI=1S/C12H17N5O/c1-4-17-6-5-11(15-17)9(2)14-12(18)10-7-13-16(3)8-10/h5-9H,4H2,1-3H3,(H,14,18). The van der Waals surface area contributed by atoms with Crippen molar-refractivity contribution >= 4 is 5.91 Å². The molecule has 0 aliphatic heterocycles. The van der Waals surface area contributed by atoms with Crippen LogP contribution in [0.15, 0.2) is 24.7 Å². The van der Waals surface area contributed by atoms with Crippen molar-refractivity contribution in [1.82, 2.24) is 24.9 Å². The Hall–Kier alpha value is -2.11. The summed E-state index contributed by atoms with van der Waals surface area (Å²) < 4.78 is 3.44. The molecule has 0 saturated heterocycles. The lowest BCUT2D eigenvalue weighted by Crippen LogP contribution is -2.26. The maximum atomic E-state index is 11.9. The van der Waals surface area contributed by atoms with E-state index in [1.807, 2.05) is 30.8 Å². The monoisotopic (exact) mass is 247 g/mol. The van der Waals surface area contributed by atoms with E-state index in [4.69, 9.17) is 0 Å². The van der Waals surface area contributed by atoms with Crippen molar-refractivity contribution in [3.63, 3.8) is 0 Å². The summed E-state index contributed by atoms with van der Waals surface area (Å²) >= 11 is 0. The molecule has 0 fully saturated rings. The molecule has 0 aliphatic rings. The molecule has 0 aliphatic carbocycles. The van der Waals surface area contributed by atoms with Gasteiger partial charge in [-0.3, -0.25) is 14.2 Å². The Bertz CT molecular complexity index is 542. The molecule has 96 valence electrons. The van der Waals surface area contributed by atoms with Crippen LogP contribution in [0.2, 0.25) is 0 Å². The SMILES string of the molecule is CCn1ccc(C(C)NC(=O)c2cnn(C)c2)n1. The average molecular weight is 247 g/mol. The van der Waals surface area contributed by atoms with Gasteiger partial charge >= 0.3 is 0 Å². The molecule has 0 spiro atoms. The van der Waals surface area contributed by atoms with Crippen LogP contribution < -0.4 is 5.32 Å². The third-order valence-electron chi connectivity index (χ3n) is 2.74. The van der Waals surface area contributed by atoms with E-state index in [-0.39, 0.29) is 11.9 Å². The van der Waals surface area contributed by atoms with Crippen LogP contribution in [0, 0.1) is 0 Å². The Balaban J connectivity index is 2.02. The van der Waals surface area contributed by atoms with Gasteiger partial charge in [0.2, 0.25) is 0 Å². The van der Waals surface area contributed by atoms with Crippen molar-refractivity contribution in [2.75, 3.05) is 0 Å². The van der Waals surface area contributed by atoms with E-state index in [9.17, 15) is 4.79 Å². The Morgan fingerprint density at radius 1 is 1.56 bits per heavy atom. The summed E-state index contributed by atoms with van der Waals surface area (Å²) in [4.78, 5) is 11.9. The highest BCUT2D eigenvalue weighted by atomic mass is 16.1. The van der Waals surface area contributed by atoms with E-state index in [0.29, 0.717) is 5.56 Å². The lowest BCUT2D eigenvalue weighted by atomic mass is 10.2. The van der Waals surface area contributed by atoms with Gasteiger partial charge in [-0.2, -0.15) is 10.2 Å². The van der Waals surface area contributed by atoms with Gasteiger partial charge in [-0.15, -0.1) is 0 Å². The normalized spacial score (nSPS) is 12.4. The summed E-state index contributed by atoms with van der Waals surface area (Å²) in [6, 6.07) is 1.79. The molecule has 2 rings (SSSR count). The molecule has 6 nitrogen and oxygen atoms in total. The maximum absolute atomic E-state index is 11.9. The first kappa shape index (κ1) is 12.3. The molecule has 1 amide bonds. The number of nitrogens with one attached hydrogen (secondary N) is 1. The largest absolute Gasteiger partial charge is 0.344 e. The van der Waals surface area contributed by atoms with E-state index < -0.39 is 0 Å². The molecule has 0 saturated carbocycles. The number of hydrogen-bond acceptors (Lipinski definition) is 3. The average Bonchev–Trinajstić information content (AvgIpc) is 2.97. The highest BCUT2D eigenvalue weighted by molar-refractivity contribution is 5.93. The van der Waals surface area contributed by atoms with E-state index in [1.54, 1.807) is 24.1 Å². The van der Waals surface area contributed by atoms with Crippen molar-refractivity contribution in [2.24, 2.45) is 7.05 Å². The van der Waals surface area contributed by atoms with Gasteiger partial charge in [-0.05, 0) is 19.9 Å². The molecule has 18 heavy (non-hydrogen) atoms. The van der Waals surface area contributed by atoms with E-state index >= 15 is 0 Å². The van der Waals surface area contributed by atoms with E-state index in [0.717, 1.165) is 12.2 Å². The second-order valence-corrected chi connectivity index (χ2v) is 4.19. The number of aromatic nitrogens is 4. The van der Waals surface area contributed by atoms with Crippen LogP contribution in [-0.4, -0.2) is 25.5 Å². The van der Waals surface area contributed by atoms with Gasteiger partial charge in [0.15, 0.2) is 0 Å². The first-order chi connectivity index (χ1) is 8.60.